The summed E-state index contributed by atoms with van der Waals surface area (Å²) in [5.41, 5.74) is -1.10. The molecule has 1 fully saturated rings. The van der Waals surface area contributed by atoms with Crippen LogP contribution in [0.5, 0.6) is 0 Å². The molecule has 5 rings (SSSR count). The number of hydrogen-bond donors (Lipinski definition) is 0. The summed E-state index contributed by atoms with van der Waals surface area (Å²) in [4.78, 5) is 28.2. The SMILES string of the molecule is Cc1nc2c(-c3ccc(C(F)(F)F)cc3F)nc(N3CCO[C@H](c4cnn(C)c4)C3)nc2c(=O)n1C. The summed E-state index contributed by atoms with van der Waals surface area (Å²) in [6.45, 7) is 2.62. The van der Waals surface area contributed by atoms with Gasteiger partial charge in [-0.25, -0.2) is 19.3 Å². The monoisotopic (exact) mass is 503 g/mol. The van der Waals surface area contributed by atoms with Crippen LogP contribution in [0.3, 0.4) is 0 Å². The zero-order valence-corrected chi connectivity index (χ0v) is 19.5. The van der Waals surface area contributed by atoms with Crippen LogP contribution in [0.15, 0.2) is 35.4 Å². The van der Waals surface area contributed by atoms with Crippen molar-refractivity contribution in [2.24, 2.45) is 14.1 Å². The number of nitrogens with zero attached hydrogens (tertiary/aromatic N) is 7. The lowest BCUT2D eigenvalue weighted by Crippen LogP contribution is -2.39. The quantitative estimate of drug-likeness (QED) is 0.397. The second-order valence-electron chi connectivity index (χ2n) is 8.54. The average Bonchev–Trinajstić information content (AvgIpc) is 3.28. The van der Waals surface area contributed by atoms with Gasteiger partial charge in [0.25, 0.3) is 5.56 Å². The third-order valence-corrected chi connectivity index (χ3v) is 6.14. The minimum Gasteiger partial charge on any atom is -0.370 e. The molecule has 9 nitrogen and oxygen atoms in total. The number of fused-ring (bicyclic) bond motifs is 1. The zero-order chi connectivity index (χ0) is 25.8. The molecule has 1 atom stereocenters. The van der Waals surface area contributed by atoms with E-state index in [2.05, 4.69) is 20.1 Å². The number of ether oxygens (including phenoxy) is 1. The molecule has 13 heteroatoms. The van der Waals surface area contributed by atoms with Crippen molar-refractivity contribution in [2.45, 2.75) is 19.2 Å². The first-order valence-corrected chi connectivity index (χ1v) is 11.0. The summed E-state index contributed by atoms with van der Waals surface area (Å²) in [7, 11) is 3.31. The Morgan fingerprint density at radius 3 is 2.56 bits per heavy atom. The highest BCUT2D eigenvalue weighted by atomic mass is 19.4. The third kappa shape index (κ3) is 4.19. The van der Waals surface area contributed by atoms with E-state index in [1.165, 1.54) is 11.6 Å². The van der Waals surface area contributed by atoms with Crippen molar-refractivity contribution in [3.63, 3.8) is 0 Å². The van der Waals surface area contributed by atoms with Crippen LogP contribution in [0.25, 0.3) is 22.3 Å². The molecule has 1 aromatic carbocycles. The lowest BCUT2D eigenvalue weighted by Gasteiger charge is -2.32. The zero-order valence-electron chi connectivity index (χ0n) is 19.5. The minimum absolute atomic E-state index is 0.00933. The Balaban J connectivity index is 1.67. The number of aryl methyl sites for hydroxylation is 2. The average molecular weight is 503 g/mol. The van der Waals surface area contributed by atoms with Crippen molar-refractivity contribution in [1.29, 1.82) is 0 Å². The summed E-state index contributed by atoms with van der Waals surface area (Å²) >= 11 is 0. The fraction of sp³-hybridized carbons (Fsp3) is 0.348. The molecule has 3 aromatic heterocycles. The van der Waals surface area contributed by atoms with E-state index in [0.717, 1.165) is 17.7 Å². The van der Waals surface area contributed by atoms with Gasteiger partial charge in [0.1, 0.15) is 29.0 Å². The normalized spacial score (nSPS) is 16.6. The van der Waals surface area contributed by atoms with Crippen molar-refractivity contribution >= 4 is 17.0 Å². The third-order valence-electron chi connectivity index (χ3n) is 6.14. The van der Waals surface area contributed by atoms with Gasteiger partial charge in [-0.3, -0.25) is 14.0 Å². The lowest BCUT2D eigenvalue weighted by molar-refractivity contribution is -0.137. The molecular weight excluding hydrogens is 482 g/mol. The molecule has 36 heavy (non-hydrogen) atoms. The van der Waals surface area contributed by atoms with E-state index < -0.39 is 23.1 Å². The Morgan fingerprint density at radius 2 is 1.89 bits per heavy atom. The van der Waals surface area contributed by atoms with Crippen LogP contribution < -0.4 is 10.5 Å². The molecule has 188 valence electrons. The number of rotatable bonds is 3. The lowest BCUT2D eigenvalue weighted by atomic mass is 10.1. The predicted octanol–water partition coefficient (Wildman–Crippen LogP) is 3.17. The van der Waals surface area contributed by atoms with Gasteiger partial charge in [0.15, 0.2) is 5.52 Å². The number of aromatic nitrogens is 6. The molecule has 0 radical (unpaired) electrons. The minimum atomic E-state index is -4.71. The summed E-state index contributed by atoms with van der Waals surface area (Å²) in [6.07, 6.45) is -1.56. The molecule has 0 spiro atoms. The molecule has 1 saturated heterocycles. The number of hydrogen-bond acceptors (Lipinski definition) is 7. The van der Waals surface area contributed by atoms with E-state index in [4.69, 9.17) is 4.74 Å². The van der Waals surface area contributed by atoms with Gasteiger partial charge in [0.05, 0.1) is 24.9 Å². The summed E-state index contributed by atoms with van der Waals surface area (Å²) < 4.78 is 63.2. The van der Waals surface area contributed by atoms with Gasteiger partial charge in [-0.2, -0.15) is 18.3 Å². The summed E-state index contributed by atoms with van der Waals surface area (Å²) in [6, 6.07) is 2.17. The maximum Gasteiger partial charge on any atom is 0.416 e. The topological polar surface area (TPSA) is 91.0 Å². The van der Waals surface area contributed by atoms with Crippen molar-refractivity contribution in [3.05, 3.63) is 63.7 Å². The van der Waals surface area contributed by atoms with E-state index in [9.17, 15) is 18.0 Å². The van der Waals surface area contributed by atoms with Gasteiger partial charge in [0, 0.05) is 38.0 Å². The van der Waals surface area contributed by atoms with Gasteiger partial charge in [-0.1, -0.05) is 0 Å². The molecule has 0 unspecified atom stereocenters. The Kier molecular flexibility index (Phi) is 5.74. The Hall–Kier alpha value is -3.87. The van der Waals surface area contributed by atoms with Crippen LogP contribution in [0.1, 0.15) is 23.1 Å². The molecule has 1 aliphatic heterocycles. The number of morpholine rings is 1. The molecule has 0 saturated carbocycles. The molecule has 0 amide bonds. The smallest absolute Gasteiger partial charge is 0.370 e. The Morgan fingerprint density at radius 1 is 1.11 bits per heavy atom. The first-order valence-electron chi connectivity index (χ1n) is 11.0. The Labute approximate surface area is 202 Å². The highest BCUT2D eigenvalue weighted by Gasteiger charge is 2.32. The molecule has 0 bridgehead atoms. The molecule has 4 aromatic rings. The Bertz CT molecular complexity index is 1530. The highest BCUT2D eigenvalue weighted by Crippen LogP contribution is 2.34. The molecule has 0 N–H and O–H groups in total. The van der Waals surface area contributed by atoms with E-state index in [-0.39, 0.29) is 34.3 Å². The van der Waals surface area contributed by atoms with E-state index in [0.29, 0.717) is 31.6 Å². The van der Waals surface area contributed by atoms with Crippen LogP contribution in [0, 0.1) is 12.7 Å². The van der Waals surface area contributed by atoms with Gasteiger partial charge in [-0.15, -0.1) is 0 Å². The predicted molar refractivity (Wildman–Crippen MR) is 122 cm³/mol. The number of halogens is 4. The first kappa shape index (κ1) is 23.9. The fourth-order valence-electron chi connectivity index (χ4n) is 4.09. The second kappa shape index (κ2) is 8.66. The number of benzene rings is 1. The van der Waals surface area contributed by atoms with Crippen LogP contribution in [-0.2, 0) is 25.0 Å². The maximum absolute atomic E-state index is 15.0. The van der Waals surface area contributed by atoms with E-state index in [1.54, 1.807) is 29.7 Å². The van der Waals surface area contributed by atoms with Gasteiger partial charge >= 0.3 is 6.18 Å². The maximum atomic E-state index is 15.0. The van der Waals surface area contributed by atoms with Crippen LogP contribution in [0.4, 0.5) is 23.5 Å². The second-order valence-corrected chi connectivity index (χ2v) is 8.54. The molecule has 0 aliphatic carbocycles. The first-order chi connectivity index (χ1) is 17.0. The molecular formula is C23H21F4N7O2. The van der Waals surface area contributed by atoms with Gasteiger partial charge in [-0.05, 0) is 25.1 Å². The van der Waals surface area contributed by atoms with Crippen LogP contribution in [-0.4, -0.2) is 49.0 Å². The fourth-order valence-corrected chi connectivity index (χ4v) is 4.09. The largest absolute Gasteiger partial charge is 0.416 e. The summed E-state index contributed by atoms with van der Waals surface area (Å²) in [5.74, 6) is -0.691. The van der Waals surface area contributed by atoms with E-state index >= 15 is 4.39 Å². The van der Waals surface area contributed by atoms with Crippen molar-refractivity contribution < 1.29 is 22.3 Å². The van der Waals surface area contributed by atoms with Crippen LogP contribution >= 0.6 is 0 Å². The van der Waals surface area contributed by atoms with Crippen molar-refractivity contribution in [2.75, 3.05) is 24.6 Å². The van der Waals surface area contributed by atoms with Gasteiger partial charge < -0.3 is 9.64 Å². The number of anilines is 1. The number of alkyl halides is 3. The van der Waals surface area contributed by atoms with Crippen LogP contribution in [0.2, 0.25) is 0 Å². The highest BCUT2D eigenvalue weighted by molar-refractivity contribution is 5.89. The van der Waals surface area contributed by atoms with Gasteiger partial charge in [0.2, 0.25) is 5.95 Å². The molecule has 1 aliphatic rings. The standard InChI is InChI=1S/C23H21F4N7O2/c1-12-29-19-18(15-5-4-14(8-16(15)24)23(25,26)27)30-22(31-20(19)21(35)33(12)3)34-6-7-36-17(11-34)13-9-28-32(2)10-13/h4-5,8-10,17H,6-7,11H2,1-3H3/t17-/m0/s1. The van der Waals surface area contributed by atoms with Crippen molar-refractivity contribution in [3.8, 4) is 11.3 Å². The van der Waals surface area contributed by atoms with E-state index in [1.807, 2.05) is 6.20 Å². The van der Waals surface area contributed by atoms with Crippen molar-refractivity contribution in [1.82, 2.24) is 29.3 Å². The summed E-state index contributed by atoms with van der Waals surface area (Å²) in [5, 5.41) is 4.16. The molecule has 4 heterocycles.